The van der Waals surface area contributed by atoms with Gasteiger partial charge in [0.2, 0.25) is 0 Å². The number of carbonyl (C=O) groups is 1. The number of oxime groups is 1. The molecule has 1 aromatic heterocycles. The van der Waals surface area contributed by atoms with Gasteiger partial charge in [-0.15, -0.1) is 11.3 Å². The number of nitrogens with zero attached hydrogens (tertiary/aromatic N) is 1. The van der Waals surface area contributed by atoms with Gasteiger partial charge in [-0.3, -0.25) is 4.79 Å². The zero-order valence-corrected chi connectivity index (χ0v) is 18.9. The molecule has 1 aliphatic rings. The minimum atomic E-state index is -0.480. The summed E-state index contributed by atoms with van der Waals surface area (Å²) in [6, 6.07) is 4.18. The summed E-state index contributed by atoms with van der Waals surface area (Å²) in [4.78, 5) is 12.5. The molecule has 170 valence electrons. The summed E-state index contributed by atoms with van der Waals surface area (Å²) in [5, 5.41) is 35.8. The van der Waals surface area contributed by atoms with Crippen molar-refractivity contribution in [2.45, 2.75) is 89.3 Å². The standard InChI is InChI=1S/C23H37NO5S/c1-29-23(27)12-5-3-2-4-11-20-19(21(24-28)16-22(20)26)14-13-17(25)8-6-9-18-10-7-15-30-18/h7,10,15,17,19-20,22,25-26,28H,2-6,8-9,11-14,16H2,1H3/b24-21-/t17-,19?,20+,22-/m0/s1. The highest BCUT2D eigenvalue weighted by Crippen LogP contribution is 2.37. The van der Waals surface area contributed by atoms with Crippen LogP contribution in [0.4, 0.5) is 0 Å². The second kappa shape index (κ2) is 13.8. The Hall–Kier alpha value is -1.44. The normalized spacial score (nSPS) is 23.7. The third-order valence-corrected chi connectivity index (χ3v) is 7.17. The van der Waals surface area contributed by atoms with Gasteiger partial charge in [-0.2, -0.15) is 0 Å². The number of aryl methyl sites for hydroxylation is 1. The first-order valence-corrected chi connectivity index (χ1v) is 12.1. The second-order valence-electron chi connectivity index (χ2n) is 8.36. The number of aliphatic hydroxyl groups excluding tert-OH is 2. The molecule has 0 bridgehead atoms. The molecule has 4 atom stereocenters. The van der Waals surface area contributed by atoms with Crippen LogP contribution in [0, 0.1) is 11.8 Å². The van der Waals surface area contributed by atoms with Gasteiger partial charge in [-0.1, -0.05) is 30.5 Å². The van der Waals surface area contributed by atoms with Gasteiger partial charge in [0, 0.05) is 23.6 Å². The minimum absolute atomic E-state index is 0.0343. The van der Waals surface area contributed by atoms with Gasteiger partial charge >= 0.3 is 5.97 Å². The van der Waals surface area contributed by atoms with E-state index in [2.05, 4.69) is 27.4 Å². The van der Waals surface area contributed by atoms with Crippen LogP contribution in [-0.4, -0.2) is 46.4 Å². The van der Waals surface area contributed by atoms with E-state index in [4.69, 9.17) is 0 Å². The Kier molecular flexibility index (Phi) is 11.4. The van der Waals surface area contributed by atoms with Crippen LogP contribution in [0.2, 0.25) is 0 Å². The van der Waals surface area contributed by atoms with E-state index in [1.165, 1.54) is 12.0 Å². The number of hydrogen-bond donors (Lipinski definition) is 3. The first kappa shape index (κ1) is 24.8. The molecule has 1 aliphatic carbocycles. The van der Waals surface area contributed by atoms with E-state index < -0.39 is 6.10 Å². The highest BCUT2D eigenvalue weighted by Gasteiger charge is 2.39. The molecular weight excluding hydrogens is 402 g/mol. The Morgan fingerprint density at radius 2 is 2.03 bits per heavy atom. The quantitative estimate of drug-likeness (QED) is 0.171. The van der Waals surface area contributed by atoms with Gasteiger partial charge in [0.25, 0.3) is 0 Å². The zero-order valence-electron chi connectivity index (χ0n) is 18.0. The van der Waals surface area contributed by atoms with Gasteiger partial charge in [-0.25, -0.2) is 0 Å². The Bertz CT molecular complexity index is 634. The minimum Gasteiger partial charge on any atom is -0.469 e. The topological polar surface area (TPSA) is 99.4 Å². The first-order valence-electron chi connectivity index (χ1n) is 11.2. The van der Waals surface area contributed by atoms with Crippen LogP contribution < -0.4 is 0 Å². The molecule has 0 aromatic carbocycles. The molecule has 1 saturated carbocycles. The first-order chi connectivity index (χ1) is 14.5. The molecule has 3 N–H and O–H groups in total. The fourth-order valence-corrected chi connectivity index (χ4v) is 5.26. The largest absolute Gasteiger partial charge is 0.469 e. The number of esters is 1. The maximum absolute atomic E-state index is 11.1. The third-order valence-electron chi connectivity index (χ3n) is 6.23. The average molecular weight is 440 g/mol. The van der Waals surface area contributed by atoms with E-state index in [9.17, 15) is 20.2 Å². The smallest absolute Gasteiger partial charge is 0.305 e. The summed E-state index contributed by atoms with van der Waals surface area (Å²) in [5.74, 6) is -0.0548. The molecule has 7 heteroatoms. The van der Waals surface area contributed by atoms with E-state index in [1.807, 2.05) is 0 Å². The molecule has 2 rings (SSSR count). The molecule has 0 spiro atoms. The van der Waals surface area contributed by atoms with Crippen LogP contribution in [0.3, 0.4) is 0 Å². The predicted molar refractivity (Wildman–Crippen MR) is 119 cm³/mol. The van der Waals surface area contributed by atoms with Crippen LogP contribution in [0.15, 0.2) is 22.7 Å². The maximum atomic E-state index is 11.1. The monoisotopic (exact) mass is 439 g/mol. The molecule has 0 amide bonds. The van der Waals surface area contributed by atoms with Crippen molar-refractivity contribution in [1.82, 2.24) is 0 Å². The number of thiophene rings is 1. The molecule has 6 nitrogen and oxygen atoms in total. The zero-order chi connectivity index (χ0) is 21.8. The van der Waals surface area contributed by atoms with Gasteiger partial charge in [-0.05, 0) is 62.3 Å². The molecule has 0 saturated heterocycles. The highest BCUT2D eigenvalue weighted by atomic mass is 32.1. The second-order valence-corrected chi connectivity index (χ2v) is 9.40. The number of unbranched alkanes of at least 4 members (excludes halogenated alkanes) is 3. The molecule has 1 aromatic rings. The van der Waals surface area contributed by atoms with Crippen LogP contribution >= 0.6 is 11.3 Å². The molecule has 30 heavy (non-hydrogen) atoms. The summed E-state index contributed by atoms with van der Waals surface area (Å²) in [6.07, 6.45) is 8.81. The number of ether oxygens (including phenoxy) is 1. The fourth-order valence-electron chi connectivity index (χ4n) is 4.51. The summed E-state index contributed by atoms with van der Waals surface area (Å²) in [7, 11) is 1.41. The van der Waals surface area contributed by atoms with E-state index in [0.717, 1.165) is 57.8 Å². The van der Waals surface area contributed by atoms with Crippen LogP contribution in [0.5, 0.6) is 0 Å². The lowest BCUT2D eigenvalue weighted by atomic mass is 9.84. The molecule has 1 heterocycles. The average Bonchev–Trinajstić information content (AvgIpc) is 3.36. The third kappa shape index (κ3) is 8.36. The highest BCUT2D eigenvalue weighted by molar-refractivity contribution is 7.09. The van der Waals surface area contributed by atoms with Crippen molar-refractivity contribution in [3.63, 3.8) is 0 Å². The van der Waals surface area contributed by atoms with Crippen LogP contribution in [-0.2, 0) is 16.0 Å². The number of rotatable bonds is 14. The van der Waals surface area contributed by atoms with Gasteiger partial charge < -0.3 is 20.2 Å². The van der Waals surface area contributed by atoms with Crippen molar-refractivity contribution in [3.8, 4) is 0 Å². The molecule has 1 fully saturated rings. The Labute approximate surface area is 184 Å². The lowest BCUT2D eigenvalue weighted by molar-refractivity contribution is -0.140. The SMILES string of the molecule is COC(=O)CCCCCC[C@@H]1C(CC[C@@H](O)CCCc2cccs2)/C(=N\O)C[C@@H]1O. The van der Waals surface area contributed by atoms with Gasteiger partial charge in [0.05, 0.1) is 25.0 Å². The lowest BCUT2D eigenvalue weighted by Crippen LogP contribution is -2.22. The van der Waals surface area contributed by atoms with Gasteiger partial charge in [0.1, 0.15) is 0 Å². The van der Waals surface area contributed by atoms with Gasteiger partial charge in [0.15, 0.2) is 0 Å². The summed E-state index contributed by atoms with van der Waals surface area (Å²) in [6.45, 7) is 0. The van der Waals surface area contributed by atoms with Crippen molar-refractivity contribution in [1.29, 1.82) is 0 Å². The van der Waals surface area contributed by atoms with Crippen molar-refractivity contribution in [2.24, 2.45) is 17.0 Å². The Morgan fingerprint density at radius 3 is 2.73 bits per heavy atom. The van der Waals surface area contributed by atoms with E-state index >= 15 is 0 Å². The van der Waals surface area contributed by atoms with Crippen LogP contribution in [0.1, 0.15) is 75.5 Å². The predicted octanol–water partition coefficient (Wildman–Crippen LogP) is 4.55. The van der Waals surface area contributed by atoms with Crippen LogP contribution in [0.25, 0.3) is 0 Å². The number of carbonyl (C=O) groups excluding carboxylic acids is 1. The Morgan fingerprint density at radius 1 is 1.23 bits per heavy atom. The molecule has 1 unspecified atom stereocenters. The van der Waals surface area contributed by atoms with Crippen molar-refractivity contribution in [3.05, 3.63) is 22.4 Å². The maximum Gasteiger partial charge on any atom is 0.305 e. The number of hydrogen-bond acceptors (Lipinski definition) is 7. The van der Waals surface area contributed by atoms with E-state index in [1.54, 1.807) is 11.3 Å². The van der Waals surface area contributed by atoms with E-state index in [0.29, 0.717) is 25.0 Å². The molecule has 0 aliphatic heterocycles. The van der Waals surface area contributed by atoms with E-state index in [-0.39, 0.29) is 23.9 Å². The Balaban J connectivity index is 1.70. The van der Waals surface area contributed by atoms with Crippen molar-refractivity contribution in [2.75, 3.05) is 7.11 Å². The lowest BCUT2D eigenvalue weighted by Gasteiger charge is -2.23. The number of methoxy groups -OCH3 is 1. The summed E-state index contributed by atoms with van der Waals surface area (Å²) < 4.78 is 4.65. The fraction of sp³-hybridized carbons (Fsp3) is 0.739. The van der Waals surface area contributed by atoms with Crippen molar-refractivity contribution >= 4 is 23.0 Å². The molecular formula is C23H37NO5S. The number of aliphatic hydroxyl groups is 2. The summed E-state index contributed by atoms with van der Waals surface area (Å²) in [5.41, 5.74) is 0.670. The molecule has 0 radical (unpaired) electrons. The summed E-state index contributed by atoms with van der Waals surface area (Å²) >= 11 is 1.75. The van der Waals surface area contributed by atoms with Crippen molar-refractivity contribution < 1.29 is 25.0 Å².